The van der Waals surface area contributed by atoms with E-state index in [0.29, 0.717) is 12.8 Å². The Labute approximate surface area is 140 Å². The summed E-state index contributed by atoms with van der Waals surface area (Å²) in [5, 5.41) is 14.3. The van der Waals surface area contributed by atoms with Crippen molar-refractivity contribution in [3.8, 4) is 5.69 Å². The molecule has 1 aromatic heterocycles. The molecule has 0 aliphatic carbocycles. The van der Waals surface area contributed by atoms with Crippen LogP contribution < -0.4 is 10.6 Å². The van der Waals surface area contributed by atoms with Gasteiger partial charge in [0, 0.05) is 12.8 Å². The summed E-state index contributed by atoms with van der Waals surface area (Å²) in [6.45, 7) is 1.57. The molecular weight excluding hydrogens is 318 g/mol. The van der Waals surface area contributed by atoms with Crippen LogP contribution in [0.1, 0.15) is 12.8 Å². The third-order valence-corrected chi connectivity index (χ3v) is 3.99. The lowest BCUT2D eigenvalue weighted by atomic mass is 9.91. The van der Waals surface area contributed by atoms with Gasteiger partial charge in [0.05, 0.1) is 18.1 Å². The minimum Gasteiger partial charge on any atom is -0.368 e. The summed E-state index contributed by atoms with van der Waals surface area (Å²) in [6, 6.07) is 7.39. The van der Waals surface area contributed by atoms with Crippen molar-refractivity contribution in [3.63, 3.8) is 0 Å². The Hall–Kier alpha value is -1.96. The fourth-order valence-electron chi connectivity index (χ4n) is 2.63. The smallest absolute Gasteiger partial charge is 0.256 e. The SMILES string of the molecule is COC1(C(=O)Nc2ccc(-n3nccn3)cc2)CCNCC1.Cl. The van der Waals surface area contributed by atoms with E-state index in [0.717, 1.165) is 24.5 Å². The summed E-state index contributed by atoms with van der Waals surface area (Å²) in [5.74, 6) is -0.0959. The van der Waals surface area contributed by atoms with E-state index in [1.807, 2.05) is 24.3 Å². The summed E-state index contributed by atoms with van der Waals surface area (Å²) in [6.07, 6.45) is 4.58. The standard InChI is InChI=1S/C15H19N5O2.ClH/c1-22-15(6-8-16-9-7-15)14(21)19-12-2-4-13(5-3-12)20-17-10-11-18-20;/h2-5,10-11,16H,6-9H2,1H3,(H,19,21);1H. The molecule has 8 heteroatoms. The lowest BCUT2D eigenvalue weighted by Gasteiger charge is -2.34. The van der Waals surface area contributed by atoms with Crippen molar-refractivity contribution < 1.29 is 9.53 Å². The van der Waals surface area contributed by atoms with Crippen LogP contribution in [0, 0.1) is 0 Å². The largest absolute Gasteiger partial charge is 0.368 e. The van der Waals surface area contributed by atoms with Crippen molar-refractivity contribution in [2.75, 3.05) is 25.5 Å². The van der Waals surface area contributed by atoms with Crippen LogP contribution in [0.15, 0.2) is 36.7 Å². The first kappa shape index (κ1) is 17.4. The minimum atomic E-state index is -0.743. The highest BCUT2D eigenvalue weighted by Gasteiger charge is 2.39. The number of hydrogen-bond acceptors (Lipinski definition) is 5. The number of anilines is 1. The Morgan fingerprint density at radius 2 is 1.83 bits per heavy atom. The maximum Gasteiger partial charge on any atom is 0.256 e. The molecule has 1 amide bonds. The quantitative estimate of drug-likeness (QED) is 0.881. The number of rotatable bonds is 4. The Bertz CT molecular complexity index is 624. The third kappa shape index (κ3) is 3.69. The highest BCUT2D eigenvalue weighted by Crippen LogP contribution is 2.24. The van der Waals surface area contributed by atoms with E-state index in [4.69, 9.17) is 4.74 Å². The zero-order chi connectivity index (χ0) is 15.4. The van der Waals surface area contributed by atoms with Crippen LogP contribution in [0.25, 0.3) is 5.69 Å². The molecule has 1 aliphatic heterocycles. The zero-order valence-corrected chi connectivity index (χ0v) is 13.7. The number of halogens is 1. The lowest BCUT2D eigenvalue weighted by Crippen LogP contribution is -2.51. The lowest BCUT2D eigenvalue weighted by molar-refractivity contribution is -0.140. The second-order valence-corrected chi connectivity index (χ2v) is 5.27. The van der Waals surface area contributed by atoms with Gasteiger partial charge in [0.25, 0.3) is 5.91 Å². The Morgan fingerprint density at radius 1 is 1.22 bits per heavy atom. The molecule has 0 radical (unpaired) electrons. The molecule has 2 heterocycles. The zero-order valence-electron chi connectivity index (χ0n) is 12.9. The van der Waals surface area contributed by atoms with Crippen molar-refractivity contribution in [2.45, 2.75) is 18.4 Å². The molecule has 2 aromatic rings. The van der Waals surface area contributed by atoms with E-state index < -0.39 is 5.60 Å². The van der Waals surface area contributed by atoms with E-state index in [-0.39, 0.29) is 18.3 Å². The number of methoxy groups -OCH3 is 1. The predicted octanol–water partition coefficient (Wildman–Crippen LogP) is 1.40. The molecule has 0 unspecified atom stereocenters. The molecule has 2 N–H and O–H groups in total. The fourth-order valence-corrected chi connectivity index (χ4v) is 2.63. The van der Waals surface area contributed by atoms with Crippen LogP contribution in [-0.4, -0.2) is 46.7 Å². The van der Waals surface area contributed by atoms with Gasteiger partial charge in [-0.1, -0.05) is 0 Å². The number of hydrogen-bond donors (Lipinski definition) is 2. The summed E-state index contributed by atoms with van der Waals surface area (Å²) in [7, 11) is 1.59. The topological polar surface area (TPSA) is 81.1 Å². The summed E-state index contributed by atoms with van der Waals surface area (Å²) in [4.78, 5) is 14.1. The minimum absolute atomic E-state index is 0. The molecule has 124 valence electrons. The molecule has 7 nitrogen and oxygen atoms in total. The van der Waals surface area contributed by atoms with E-state index in [9.17, 15) is 4.79 Å². The normalized spacial score (nSPS) is 16.4. The van der Waals surface area contributed by atoms with E-state index in [1.54, 1.807) is 19.5 Å². The molecule has 0 spiro atoms. The maximum atomic E-state index is 12.5. The molecule has 1 saturated heterocycles. The van der Waals surface area contributed by atoms with Crippen LogP contribution in [0.4, 0.5) is 5.69 Å². The molecule has 1 aromatic carbocycles. The summed E-state index contributed by atoms with van der Waals surface area (Å²) < 4.78 is 5.52. The average Bonchev–Trinajstić information content (AvgIpc) is 3.10. The first-order valence-electron chi connectivity index (χ1n) is 7.28. The van der Waals surface area contributed by atoms with Crippen LogP contribution in [0.5, 0.6) is 0 Å². The monoisotopic (exact) mass is 337 g/mol. The van der Waals surface area contributed by atoms with Crippen LogP contribution in [0.2, 0.25) is 0 Å². The van der Waals surface area contributed by atoms with Crippen molar-refractivity contribution in [1.82, 2.24) is 20.3 Å². The number of nitrogens with one attached hydrogen (secondary N) is 2. The van der Waals surface area contributed by atoms with Gasteiger partial charge in [-0.3, -0.25) is 4.79 Å². The maximum absolute atomic E-state index is 12.5. The molecule has 1 fully saturated rings. The van der Waals surface area contributed by atoms with Crippen molar-refractivity contribution in [3.05, 3.63) is 36.7 Å². The molecule has 3 rings (SSSR count). The molecule has 23 heavy (non-hydrogen) atoms. The first-order valence-corrected chi connectivity index (χ1v) is 7.28. The van der Waals surface area contributed by atoms with E-state index in [2.05, 4.69) is 20.8 Å². The van der Waals surface area contributed by atoms with E-state index in [1.165, 1.54) is 4.80 Å². The predicted molar refractivity (Wildman–Crippen MR) is 89.1 cm³/mol. The van der Waals surface area contributed by atoms with Crippen LogP contribution in [0.3, 0.4) is 0 Å². The van der Waals surface area contributed by atoms with Crippen LogP contribution in [-0.2, 0) is 9.53 Å². The van der Waals surface area contributed by atoms with Crippen molar-refractivity contribution >= 4 is 24.0 Å². The van der Waals surface area contributed by atoms with Gasteiger partial charge in [-0.05, 0) is 50.2 Å². The van der Waals surface area contributed by atoms with Gasteiger partial charge in [-0.2, -0.15) is 15.0 Å². The van der Waals surface area contributed by atoms with Crippen LogP contribution >= 0.6 is 12.4 Å². The molecule has 1 aliphatic rings. The molecule has 0 saturated carbocycles. The van der Waals surface area contributed by atoms with Gasteiger partial charge in [0.15, 0.2) is 0 Å². The molecular formula is C15H20ClN5O2. The summed E-state index contributed by atoms with van der Waals surface area (Å²) in [5.41, 5.74) is 0.829. The van der Waals surface area contributed by atoms with Gasteiger partial charge in [0.2, 0.25) is 0 Å². The number of benzene rings is 1. The van der Waals surface area contributed by atoms with Crippen molar-refractivity contribution in [2.24, 2.45) is 0 Å². The Morgan fingerprint density at radius 3 is 2.39 bits per heavy atom. The summed E-state index contributed by atoms with van der Waals surface area (Å²) >= 11 is 0. The number of aromatic nitrogens is 3. The number of carbonyl (C=O) groups excluding carboxylic acids is 1. The number of nitrogens with zero attached hydrogens (tertiary/aromatic N) is 3. The average molecular weight is 338 g/mol. The highest BCUT2D eigenvalue weighted by molar-refractivity contribution is 5.97. The Kier molecular flexibility index (Phi) is 5.70. The molecule has 0 bridgehead atoms. The third-order valence-electron chi connectivity index (χ3n) is 3.99. The Balaban J connectivity index is 0.00000192. The molecule has 0 atom stereocenters. The second-order valence-electron chi connectivity index (χ2n) is 5.27. The van der Waals surface area contributed by atoms with E-state index >= 15 is 0 Å². The van der Waals surface area contributed by atoms with Crippen molar-refractivity contribution in [1.29, 1.82) is 0 Å². The van der Waals surface area contributed by atoms with Gasteiger partial charge in [-0.15, -0.1) is 12.4 Å². The van der Waals surface area contributed by atoms with Gasteiger partial charge >= 0.3 is 0 Å². The first-order chi connectivity index (χ1) is 10.7. The number of piperidine rings is 1. The van der Waals surface area contributed by atoms with Gasteiger partial charge in [-0.25, -0.2) is 0 Å². The number of ether oxygens (including phenoxy) is 1. The fraction of sp³-hybridized carbons (Fsp3) is 0.400. The van der Waals surface area contributed by atoms with Gasteiger partial charge in [0.1, 0.15) is 5.60 Å². The number of amides is 1. The second kappa shape index (κ2) is 7.54. The number of carbonyl (C=O) groups is 1. The van der Waals surface area contributed by atoms with Gasteiger partial charge < -0.3 is 15.4 Å². The highest BCUT2D eigenvalue weighted by atomic mass is 35.5.